The average molecular weight is 410 g/mol. The molecule has 0 saturated heterocycles. The third-order valence-corrected chi connectivity index (χ3v) is 4.92. The third kappa shape index (κ3) is 3.06. The fraction of sp³-hybridized carbons (Fsp3) is 0.158. The summed E-state index contributed by atoms with van der Waals surface area (Å²) in [5, 5.41) is 7.30. The van der Waals surface area contributed by atoms with Gasteiger partial charge in [-0.25, -0.2) is 9.67 Å². The van der Waals surface area contributed by atoms with E-state index >= 15 is 0 Å². The molecule has 0 bridgehead atoms. The summed E-state index contributed by atoms with van der Waals surface area (Å²) in [7, 11) is 0. The number of nitrogens with one attached hydrogen (secondary N) is 1. The molecule has 130 valence electrons. The second-order valence-corrected chi connectivity index (χ2v) is 7.00. The minimum atomic E-state index is -0.481. The van der Waals surface area contributed by atoms with Gasteiger partial charge in [-0.1, -0.05) is 46.3 Å². The number of hydrogen-bond acceptors (Lipinski definition) is 4. The Balaban J connectivity index is 1.75. The molecule has 0 radical (unpaired) electrons. The number of rotatable bonds is 3. The van der Waals surface area contributed by atoms with Gasteiger partial charge in [0.15, 0.2) is 0 Å². The van der Waals surface area contributed by atoms with E-state index in [2.05, 4.69) is 36.3 Å². The summed E-state index contributed by atoms with van der Waals surface area (Å²) >= 11 is 3.46. The first kappa shape index (κ1) is 16.7. The minimum Gasteiger partial charge on any atom is -0.325 e. The van der Waals surface area contributed by atoms with Crippen molar-refractivity contribution in [3.05, 3.63) is 71.0 Å². The summed E-state index contributed by atoms with van der Waals surface area (Å²) in [6, 6.07) is 17.0. The van der Waals surface area contributed by atoms with E-state index in [-0.39, 0.29) is 11.9 Å². The fourth-order valence-corrected chi connectivity index (χ4v) is 3.45. The Morgan fingerprint density at radius 3 is 2.58 bits per heavy atom. The summed E-state index contributed by atoms with van der Waals surface area (Å²) in [6.07, 6.45) is 1.47. The molecule has 2 heterocycles. The topological polar surface area (TPSA) is 72.2 Å². The van der Waals surface area contributed by atoms with Crippen LogP contribution in [0.3, 0.4) is 0 Å². The molecule has 1 amide bonds. The molecule has 1 aromatic heterocycles. The first-order valence-electron chi connectivity index (χ1n) is 8.19. The highest BCUT2D eigenvalue weighted by molar-refractivity contribution is 9.10. The van der Waals surface area contributed by atoms with Crippen LogP contribution in [-0.4, -0.2) is 26.4 Å². The zero-order valence-corrected chi connectivity index (χ0v) is 15.6. The van der Waals surface area contributed by atoms with E-state index in [0.29, 0.717) is 11.7 Å². The highest BCUT2D eigenvalue weighted by Crippen LogP contribution is 2.36. The first-order valence-corrected chi connectivity index (χ1v) is 8.99. The maximum absolute atomic E-state index is 13.1. The van der Waals surface area contributed by atoms with E-state index in [1.165, 1.54) is 6.33 Å². The molecular formula is C19H16BrN5O. The zero-order chi connectivity index (χ0) is 18.1. The number of hydrogen-bond donors (Lipinski definition) is 1. The third-order valence-electron chi connectivity index (χ3n) is 4.40. The lowest BCUT2D eigenvalue weighted by Crippen LogP contribution is -2.39. The van der Waals surface area contributed by atoms with Crippen molar-refractivity contribution in [1.29, 1.82) is 0 Å². The Labute approximate surface area is 159 Å². The van der Waals surface area contributed by atoms with Gasteiger partial charge in [0.2, 0.25) is 11.9 Å². The van der Waals surface area contributed by atoms with Crippen molar-refractivity contribution < 1.29 is 4.79 Å². The molecule has 3 aromatic rings. The summed E-state index contributed by atoms with van der Waals surface area (Å²) in [5.74, 6) is -0.0868. The van der Waals surface area contributed by atoms with Crippen molar-refractivity contribution >= 4 is 39.2 Å². The summed E-state index contributed by atoms with van der Waals surface area (Å²) in [6.45, 7) is 1.86. The van der Waals surface area contributed by atoms with Crippen LogP contribution in [0.15, 0.2) is 70.4 Å². The number of benzene rings is 2. The Kier molecular flexibility index (Phi) is 4.38. The largest absolute Gasteiger partial charge is 0.325 e. The number of anilines is 1. The predicted molar refractivity (Wildman–Crippen MR) is 104 cm³/mol. The van der Waals surface area contributed by atoms with Crippen LogP contribution in [-0.2, 0) is 4.79 Å². The van der Waals surface area contributed by atoms with Crippen LogP contribution in [0, 0.1) is 5.92 Å². The smallest absolute Gasteiger partial charge is 0.248 e. The van der Waals surface area contributed by atoms with Crippen LogP contribution in [0.4, 0.5) is 11.6 Å². The second-order valence-electron chi connectivity index (χ2n) is 6.09. The number of aromatic nitrogens is 3. The molecule has 26 heavy (non-hydrogen) atoms. The molecule has 1 N–H and O–H groups in total. The molecule has 1 aliphatic rings. The van der Waals surface area contributed by atoms with Gasteiger partial charge in [-0.2, -0.15) is 10.1 Å². The number of carbonyl (C=O) groups excluding carboxylic acids is 1. The van der Waals surface area contributed by atoms with Gasteiger partial charge in [0, 0.05) is 15.9 Å². The van der Waals surface area contributed by atoms with Crippen molar-refractivity contribution in [3.63, 3.8) is 0 Å². The monoisotopic (exact) mass is 409 g/mol. The van der Waals surface area contributed by atoms with Gasteiger partial charge in [-0.05, 0) is 36.8 Å². The number of para-hydroxylation sites is 1. The highest BCUT2D eigenvalue weighted by Gasteiger charge is 2.38. The quantitative estimate of drug-likeness (QED) is 0.710. The molecule has 7 heteroatoms. The normalized spacial score (nSPS) is 18.8. The molecule has 0 spiro atoms. The molecule has 1 aliphatic heterocycles. The molecule has 0 aliphatic carbocycles. The Hall–Kier alpha value is -2.80. The van der Waals surface area contributed by atoms with E-state index in [9.17, 15) is 4.79 Å². The van der Waals surface area contributed by atoms with Gasteiger partial charge in [0.05, 0.1) is 6.04 Å². The lowest BCUT2D eigenvalue weighted by Gasteiger charge is -2.30. The zero-order valence-electron chi connectivity index (χ0n) is 14.0. The Bertz CT molecular complexity index is 965. The van der Waals surface area contributed by atoms with Gasteiger partial charge < -0.3 is 5.32 Å². The van der Waals surface area contributed by atoms with Crippen molar-refractivity contribution in [1.82, 2.24) is 14.8 Å². The standard InChI is InChI=1S/C19H16BrN5O/c1-12-16(18(26)24-15-5-3-2-4-6-15)17(13-7-9-14(20)10-8-13)25-19(23-12)21-11-22-25/h2-11,16-17H,1H3,(H,24,26). The summed E-state index contributed by atoms with van der Waals surface area (Å²) in [4.78, 5) is 21.8. The van der Waals surface area contributed by atoms with E-state index in [4.69, 9.17) is 0 Å². The van der Waals surface area contributed by atoms with Crippen LogP contribution in [0.1, 0.15) is 18.5 Å². The van der Waals surface area contributed by atoms with E-state index < -0.39 is 5.92 Å². The van der Waals surface area contributed by atoms with Gasteiger partial charge in [0.25, 0.3) is 0 Å². The van der Waals surface area contributed by atoms with E-state index in [1.807, 2.05) is 61.5 Å². The average Bonchev–Trinajstić information content (AvgIpc) is 3.10. The van der Waals surface area contributed by atoms with Gasteiger partial charge in [-0.15, -0.1) is 0 Å². The molecule has 2 aromatic carbocycles. The predicted octanol–water partition coefficient (Wildman–Crippen LogP) is 3.99. The number of aliphatic imine (C=N–C) groups is 1. The van der Waals surface area contributed by atoms with Crippen LogP contribution < -0.4 is 5.32 Å². The first-order chi connectivity index (χ1) is 12.6. The van der Waals surface area contributed by atoms with Crippen LogP contribution in [0.2, 0.25) is 0 Å². The Morgan fingerprint density at radius 1 is 1.12 bits per heavy atom. The molecule has 4 rings (SSSR count). The molecule has 0 saturated carbocycles. The van der Waals surface area contributed by atoms with Crippen LogP contribution in [0.5, 0.6) is 0 Å². The lowest BCUT2D eigenvalue weighted by molar-refractivity contribution is -0.118. The molecule has 0 fully saturated rings. The van der Waals surface area contributed by atoms with Crippen molar-refractivity contribution in [2.24, 2.45) is 10.9 Å². The van der Waals surface area contributed by atoms with E-state index in [0.717, 1.165) is 15.7 Å². The van der Waals surface area contributed by atoms with Gasteiger partial charge in [0.1, 0.15) is 12.2 Å². The van der Waals surface area contributed by atoms with Gasteiger partial charge >= 0.3 is 0 Å². The van der Waals surface area contributed by atoms with Gasteiger partial charge in [-0.3, -0.25) is 4.79 Å². The number of halogens is 1. The maximum atomic E-state index is 13.1. The lowest BCUT2D eigenvalue weighted by atomic mass is 9.87. The van der Waals surface area contributed by atoms with Crippen molar-refractivity contribution in [3.8, 4) is 0 Å². The summed E-state index contributed by atoms with van der Waals surface area (Å²) < 4.78 is 2.69. The molecule has 2 unspecified atom stereocenters. The number of nitrogens with zero attached hydrogens (tertiary/aromatic N) is 4. The SMILES string of the molecule is CC1=Nc2ncnn2C(c2ccc(Br)cc2)C1C(=O)Nc1ccccc1. The van der Waals surface area contributed by atoms with Crippen molar-refractivity contribution in [2.45, 2.75) is 13.0 Å². The number of fused-ring (bicyclic) bond motifs is 1. The number of amides is 1. The Morgan fingerprint density at radius 2 is 1.85 bits per heavy atom. The molecule has 6 nitrogen and oxygen atoms in total. The second kappa shape index (κ2) is 6.84. The van der Waals surface area contributed by atoms with E-state index in [1.54, 1.807) is 4.68 Å². The highest BCUT2D eigenvalue weighted by atomic mass is 79.9. The summed E-state index contributed by atoms with van der Waals surface area (Å²) in [5.41, 5.74) is 2.44. The minimum absolute atomic E-state index is 0.119. The molecular weight excluding hydrogens is 394 g/mol. The maximum Gasteiger partial charge on any atom is 0.248 e. The fourth-order valence-electron chi connectivity index (χ4n) is 3.19. The number of carbonyl (C=O) groups is 1. The van der Waals surface area contributed by atoms with Crippen LogP contribution >= 0.6 is 15.9 Å². The molecule has 2 atom stereocenters. The van der Waals surface area contributed by atoms with Crippen LogP contribution in [0.25, 0.3) is 0 Å². The van der Waals surface area contributed by atoms with Crippen molar-refractivity contribution in [2.75, 3.05) is 5.32 Å².